The smallest absolute Gasteiger partial charge is 0.351 e. The molecule has 1 aromatic carbocycles. The summed E-state index contributed by atoms with van der Waals surface area (Å²) in [4.78, 5) is 10.9. The lowest BCUT2D eigenvalue weighted by Gasteiger charge is -1.99. The maximum Gasteiger partial charge on any atom is 0.351 e. The monoisotopic (exact) mass is 206 g/mol. The second kappa shape index (κ2) is 5.80. The second-order valence-corrected chi connectivity index (χ2v) is 2.99. The van der Waals surface area contributed by atoms with Crippen molar-refractivity contribution in [1.82, 2.24) is 0 Å². The van der Waals surface area contributed by atoms with Crippen molar-refractivity contribution >= 4 is 17.9 Å². The number of anilines is 1. The number of rotatable bonds is 4. The van der Waals surface area contributed by atoms with Gasteiger partial charge in [0.15, 0.2) is 0 Å². The van der Waals surface area contributed by atoms with E-state index < -0.39 is 5.97 Å². The van der Waals surface area contributed by atoms with E-state index >= 15 is 0 Å². The second-order valence-electron chi connectivity index (χ2n) is 2.99. The molecule has 0 aliphatic carbocycles. The third kappa shape index (κ3) is 4.26. The van der Waals surface area contributed by atoms with Gasteiger partial charge >= 0.3 is 5.97 Å². The quantitative estimate of drug-likeness (QED) is 0.465. The van der Waals surface area contributed by atoms with Gasteiger partial charge in [-0.05, 0) is 26.0 Å². The lowest BCUT2D eigenvalue weighted by molar-refractivity contribution is -0.134. The minimum atomic E-state index is -0.447. The average Bonchev–Trinajstić information content (AvgIpc) is 2.21. The summed E-state index contributed by atoms with van der Waals surface area (Å²) in [5.74, 6) is -0.447. The van der Waals surface area contributed by atoms with Crippen LogP contribution in [-0.4, -0.2) is 18.8 Å². The molecule has 4 heteroatoms. The van der Waals surface area contributed by atoms with E-state index in [0.29, 0.717) is 6.61 Å². The van der Waals surface area contributed by atoms with Crippen molar-refractivity contribution in [3.8, 4) is 0 Å². The first-order chi connectivity index (χ1) is 7.22. The van der Waals surface area contributed by atoms with Crippen molar-refractivity contribution in [2.24, 2.45) is 5.10 Å². The fourth-order valence-corrected chi connectivity index (χ4v) is 0.967. The van der Waals surface area contributed by atoms with Gasteiger partial charge in [-0.2, -0.15) is 5.10 Å². The lowest BCUT2D eigenvalue weighted by Crippen LogP contribution is -2.06. The Balaban J connectivity index is 2.43. The summed E-state index contributed by atoms with van der Waals surface area (Å²) in [6.07, 6.45) is 1.11. The summed E-state index contributed by atoms with van der Waals surface area (Å²) in [7, 11) is 0. The van der Waals surface area contributed by atoms with Crippen LogP contribution in [0.3, 0.4) is 0 Å². The first-order valence-corrected chi connectivity index (χ1v) is 4.75. The first-order valence-electron chi connectivity index (χ1n) is 4.75. The molecule has 15 heavy (non-hydrogen) atoms. The number of aryl methyl sites for hydroxylation is 1. The highest BCUT2D eigenvalue weighted by Crippen LogP contribution is 2.07. The van der Waals surface area contributed by atoms with E-state index in [1.807, 2.05) is 31.2 Å². The van der Waals surface area contributed by atoms with Crippen LogP contribution in [0, 0.1) is 6.92 Å². The number of hydrogen-bond donors (Lipinski definition) is 1. The summed E-state index contributed by atoms with van der Waals surface area (Å²) in [5, 5.41) is 3.74. The molecule has 1 aromatic rings. The molecule has 0 saturated heterocycles. The Hall–Kier alpha value is -1.84. The number of hydrazone groups is 1. The molecule has 0 radical (unpaired) electrons. The zero-order chi connectivity index (χ0) is 11.1. The van der Waals surface area contributed by atoms with E-state index in [1.165, 1.54) is 5.56 Å². The van der Waals surface area contributed by atoms with Gasteiger partial charge in [-0.3, -0.25) is 5.43 Å². The summed E-state index contributed by atoms with van der Waals surface area (Å²) in [5.41, 5.74) is 4.74. The number of benzene rings is 1. The Morgan fingerprint density at radius 1 is 1.47 bits per heavy atom. The van der Waals surface area contributed by atoms with Gasteiger partial charge in [-0.1, -0.05) is 17.7 Å². The van der Waals surface area contributed by atoms with Crippen LogP contribution >= 0.6 is 0 Å². The molecule has 1 N–H and O–H groups in total. The van der Waals surface area contributed by atoms with Gasteiger partial charge < -0.3 is 4.74 Å². The normalized spacial score (nSPS) is 10.3. The number of esters is 1. The van der Waals surface area contributed by atoms with Crippen molar-refractivity contribution in [1.29, 1.82) is 0 Å². The molecule has 1 rings (SSSR count). The van der Waals surface area contributed by atoms with E-state index in [4.69, 9.17) is 0 Å². The van der Waals surface area contributed by atoms with Crippen LogP contribution in [0.25, 0.3) is 0 Å². The van der Waals surface area contributed by atoms with E-state index in [1.54, 1.807) is 6.92 Å². The molecule has 0 fully saturated rings. The molecular formula is C11H14N2O2. The molecule has 4 nitrogen and oxygen atoms in total. The van der Waals surface area contributed by atoms with Crippen molar-refractivity contribution in [3.63, 3.8) is 0 Å². The molecule has 0 unspecified atom stereocenters. The highest BCUT2D eigenvalue weighted by molar-refractivity contribution is 6.23. The number of carbonyl (C=O) groups excluding carboxylic acids is 1. The van der Waals surface area contributed by atoms with Crippen LogP contribution in [0.2, 0.25) is 0 Å². The van der Waals surface area contributed by atoms with Crippen LogP contribution in [0.5, 0.6) is 0 Å². The predicted octanol–water partition coefficient (Wildman–Crippen LogP) is 1.96. The Labute approximate surface area is 88.9 Å². The minimum Gasteiger partial charge on any atom is -0.462 e. The maximum absolute atomic E-state index is 10.9. The van der Waals surface area contributed by atoms with E-state index in [-0.39, 0.29) is 0 Å². The van der Waals surface area contributed by atoms with Gasteiger partial charge in [0, 0.05) is 0 Å². The highest BCUT2D eigenvalue weighted by Gasteiger charge is 1.93. The molecule has 0 aromatic heterocycles. The molecule has 0 atom stereocenters. The lowest BCUT2D eigenvalue weighted by atomic mass is 10.2. The summed E-state index contributed by atoms with van der Waals surface area (Å²) in [6.45, 7) is 4.11. The predicted molar refractivity (Wildman–Crippen MR) is 59.9 cm³/mol. The Morgan fingerprint density at radius 2 is 2.13 bits per heavy atom. The third-order valence-electron chi connectivity index (χ3n) is 1.70. The fraction of sp³-hybridized carbons (Fsp3) is 0.273. The molecular weight excluding hydrogens is 192 g/mol. The minimum absolute atomic E-state index is 0.357. The van der Waals surface area contributed by atoms with Gasteiger partial charge in [0.2, 0.25) is 0 Å². The van der Waals surface area contributed by atoms with E-state index in [0.717, 1.165) is 11.9 Å². The number of hydrogen-bond acceptors (Lipinski definition) is 4. The van der Waals surface area contributed by atoms with Gasteiger partial charge in [-0.25, -0.2) is 4.79 Å². The van der Waals surface area contributed by atoms with Crippen LogP contribution in [0.4, 0.5) is 5.69 Å². The van der Waals surface area contributed by atoms with Gasteiger partial charge in [-0.15, -0.1) is 0 Å². The zero-order valence-corrected chi connectivity index (χ0v) is 8.86. The number of nitrogens with zero attached hydrogens (tertiary/aromatic N) is 1. The fourth-order valence-electron chi connectivity index (χ4n) is 0.967. The number of ether oxygens (including phenoxy) is 1. The summed E-state index contributed by atoms with van der Waals surface area (Å²) < 4.78 is 4.67. The van der Waals surface area contributed by atoms with Crippen LogP contribution < -0.4 is 5.43 Å². The topological polar surface area (TPSA) is 50.7 Å². The molecule has 80 valence electrons. The molecule has 0 aliphatic heterocycles. The Morgan fingerprint density at radius 3 is 2.73 bits per heavy atom. The third-order valence-corrected chi connectivity index (χ3v) is 1.70. The average molecular weight is 206 g/mol. The molecule has 0 saturated carbocycles. The zero-order valence-electron chi connectivity index (χ0n) is 8.86. The Kier molecular flexibility index (Phi) is 4.34. The number of nitrogens with one attached hydrogen (secondary N) is 1. The number of carbonyl (C=O) groups is 1. The summed E-state index contributed by atoms with van der Waals surface area (Å²) in [6, 6.07) is 7.69. The SMILES string of the molecule is CCOC(=O)/C=N\Nc1ccc(C)cc1. The van der Waals surface area contributed by atoms with E-state index in [9.17, 15) is 4.79 Å². The van der Waals surface area contributed by atoms with Crippen molar-refractivity contribution < 1.29 is 9.53 Å². The molecule has 0 heterocycles. The standard InChI is InChI=1S/C11H14N2O2/c1-3-15-11(14)8-12-13-10-6-4-9(2)5-7-10/h4-8,13H,3H2,1-2H3/b12-8-. The van der Waals surface area contributed by atoms with E-state index in [2.05, 4.69) is 15.3 Å². The van der Waals surface area contributed by atoms with Crippen LogP contribution in [0.1, 0.15) is 12.5 Å². The summed E-state index contributed by atoms with van der Waals surface area (Å²) >= 11 is 0. The van der Waals surface area contributed by atoms with Crippen molar-refractivity contribution in [2.45, 2.75) is 13.8 Å². The first kappa shape index (κ1) is 11.2. The Bertz CT molecular complexity index is 344. The van der Waals surface area contributed by atoms with Gasteiger partial charge in [0.05, 0.1) is 12.3 Å². The largest absolute Gasteiger partial charge is 0.462 e. The maximum atomic E-state index is 10.9. The molecule has 0 spiro atoms. The molecule has 0 aliphatic rings. The van der Waals surface area contributed by atoms with Gasteiger partial charge in [0.25, 0.3) is 0 Å². The molecule has 0 bridgehead atoms. The van der Waals surface area contributed by atoms with Gasteiger partial charge in [0.1, 0.15) is 6.21 Å². The molecule has 0 amide bonds. The van der Waals surface area contributed by atoms with Crippen LogP contribution in [0.15, 0.2) is 29.4 Å². The van der Waals surface area contributed by atoms with Crippen LogP contribution in [-0.2, 0) is 9.53 Å². The van der Waals surface area contributed by atoms with Crippen molar-refractivity contribution in [2.75, 3.05) is 12.0 Å². The van der Waals surface area contributed by atoms with Crippen molar-refractivity contribution in [3.05, 3.63) is 29.8 Å². The highest BCUT2D eigenvalue weighted by atomic mass is 16.5.